The van der Waals surface area contributed by atoms with Gasteiger partial charge in [-0.2, -0.15) is 13.2 Å². The summed E-state index contributed by atoms with van der Waals surface area (Å²) in [6.07, 6.45) is 1.60. The van der Waals surface area contributed by atoms with Gasteiger partial charge >= 0.3 is 11.5 Å². The molecule has 0 aromatic carbocycles. The molecule has 1 aliphatic rings. The molecule has 0 spiro atoms. The van der Waals surface area contributed by atoms with Crippen LogP contribution in [0.3, 0.4) is 0 Å². The third kappa shape index (κ3) is 5.95. The molecule has 0 N–H and O–H groups in total. The summed E-state index contributed by atoms with van der Waals surface area (Å²) in [7, 11) is 0. The normalized spacial score (nSPS) is 21.9. The maximum atomic E-state index is 12.0. The van der Waals surface area contributed by atoms with Crippen molar-refractivity contribution in [2.45, 2.75) is 25.3 Å². The fourth-order valence-corrected chi connectivity index (χ4v) is 2.58. The first kappa shape index (κ1) is 15.6. The van der Waals surface area contributed by atoms with Crippen molar-refractivity contribution in [3.8, 4) is 0 Å². The summed E-state index contributed by atoms with van der Waals surface area (Å²) in [5, 5.41) is 0. The minimum atomic E-state index is -4.17. The van der Waals surface area contributed by atoms with Crippen LogP contribution < -0.4 is 0 Å². The number of likely N-dealkylation sites (tertiary alicyclic amines) is 1. The minimum Gasteiger partial charge on any atom is -0.466 e. The third-order valence-corrected chi connectivity index (χ3v) is 3.51. The van der Waals surface area contributed by atoms with E-state index in [1.54, 1.807) is 6.92 Å². The Morgan fingerprint density at radius 2 is 2.22 bits per heavy atom. The number of carbonyl (C=O) groups is 1. The summed E-state index contributed by atoms with van der Waals surface area (Å²) in [5.74, 6) is -0.403. The summed E-state index contributed by atoms with van der Waals surface area (Å²) in [5.41, 5.74) is -4.17. The molecule has 1 aliphatic heterocycles. The maximum Gasteiger partial charge on any atom is 0.441 e. The second kappa shape index (κ2) is 7.23. The molecule has 3 nitrogen and oxygen atoms in total. The molecule has 0 aromatic heterocycles. The predicted octanol–water partition coefficient (Wildman–Crippen LogP) is 2.51. The zero-order valence-electron chi connectivity index (χ0n) is 10.3. The van der Waals surface area contributed by atoms with Crippen molar-refractivity contribution in [1.29, 1.82) is 0 Å². The van der Waals surface area contributed by atoms with E-state index in [2.05, 4.69) is 0 Å². The van der Waals surface area contributed by atoms with Crippen LogP contribution in [-0.2, 0) is 9.53 Å². The fourth-order valence-electron chi connectivity index (χ4n) is 2.00. The van der Waals surface area contributed by atoms with Gasteiger partial charge in [0.1, 0.15) is 0 Å². The van der Waals surface area contributed by atoms with Gasteiger partial charge in [-0.3, -0.25) is 4.79 Å². The highest BCUT2D eigenvalue weighted by Gasteiger charge is 2.30. The quantitative estimate of drug-likeness (QED) is 0.726. The van der Waals surface area contributed by atoms with Crippen molar-refractivity contribution in [2.24, 2.45) is 5.92 Å². The third-order valence-electron chi connectivity index (χ3n) is 2.80. The number of piperidine rings is 1. The van der Waals surface area contributed by atoms with Gasteiger partial charge in [-0.25, -0.2) is 0 Å². The summed E-state index contributed by atoms with van der Waals surface area (Å²) in [6.45, 7) is 3.73. The molecule has 0 aromatic rings. The molecule has 1 fully saturated rings. The Balaban J connectivity index is 2.28. The molecular weight excluding hydrogens is 267 g/mol. The lowest BCUT2D eigenvalue weighted by Gasteiger charge is -2.31. The van der Waals surface area contributed by atoms with E-state index in [9.17, 15) is 18.0 Å². The number of hydrogen-bond acceptors (Lipinski definition) is 4. The van der Waals surface area contributed by atoms with E-state index in [-0.39, 0.29) is 29.4 Å². The molecule has 1 rings (SSSR count). The highest BCUT2D eigenvalue weighted by atomic mass is 32.2. The van der Waals surface area contributed by atoms with Gasteiger partial charge in [0, 0.05) is 18.8 Å². The van der Waals surface area contributed by atoms with Gasteiger partial charge in [0.15, 0.2) is 0 Å². The number of carbonyl (C=O) groups excluding carboxylic acids is 1. The topological polar surface area (TPSA) is 29.5 Å². The van der Waals surface area contributed by atoms with Gasteiger partial charge in [0.25, 0.3) is 0 Å². The van der Waals surface area contributed by atoms with Crippen LogP contribution in [-0.4, -0.2) is 48.4 Å². The van der Waals surface area contributed by atoms with Gasteiger partial charge < -0.3 is 9.64 Å². The zero-order valence-corrected chi connectivity index (χ0v) is 11.1. The summed E-state index contributed by atoms with van der Waals surface area (Å²) in [4.78, 5) is 13.4. The van der Waals surface area contributed by atoms with Gasteiger partial charge in [0.2, 0.25) is 0 Å². The average molecular weight is 285 g/mol. The van der Waals surface area contributed by atoms with Crippen molar-refractivity contribution in [2.75, 3.05) is 32.0 Å². The first-order chi connectivity index (χ1) is 8.42. The number of alkyl halides is 3. The predicted molar refractivity (Wildman–Crippen MR) is 64.3 cm³/mol. The second-order valence-electron chi connectivity index (χ2n) is 4.19. The smallest absolute Gasteiger partial charge is 0.441 e. The maximum absolute atomic E-state index is 12.0. The molecule has 1 saturated heterocycles. The Hall–Kier alpha value is -0.430. The monoisotopic (exact) mass is 285 g/mol. The van der Waals surface area contributed by atoms with E-state index >= 15 is 0 Å². The second-order valence-corrected chi connectivity index (χ2v) is 5.35. The number of rotatable bonds is 5. The van der Waals surface area contributed by atoms with Crippen molar-refractivity contribution in [3.63, 3.8) is 0 Å². The van der Waals surface area contributed by atoms with E-state index < -0.39 is 5.51 Å². The molecule has 0 amide bonds. The highest BCUT2D eigenvalue weighted by Crippen LogP contribution is 2.30. The van der Waals surface area contributed by atoms with E-state index in [4.69, 9.17) is 4.74 Å². The van der Waals surface area contributed by atoms with Crippen molar-refractivity contribution in [3.05, 3.63) is 0 Å². The lowest BCUT2D eigenvalue weighted by Crippen LogP contribution is -2.40. The highest BCUT2D eigenvalue weighted by molar-refractivity contribution is 8.00. The van der Waals surface area contributed by atoms with Crippen LogP contribution >= 0.6 is 11.8 Å². The Labute approximate surface area is 109 Å². The number of esters is 1. The number of ether oxygens (including phenoxy) is 1. The molecule has 0 radical (unpaired) electrons. The lowest BCUT2D eigenvalue weighted by molar-refractivity contribution is -0.149. The number of hydrogen-bond donors (Lipinski definition) is 0. The molecule has 0 bridgehead atoms. The molecule has 0 saturated carbocycles. The molecule has 1 heterocycles. The number of halogens is 3. The SMILES string of the molecule is CCOC(=O)[C@H]1CCCN(CCSC(F)(F)F)C1. The van der Waals surface area contributed by atoms with Gasteiger partial charge in [-0.1, -0.05) is 0 Å². The first-order valence-corrected chi connectivity index (χ1v) is 7.00. The van der Waals surface area contributed by atoms with Crippen LogP contribution in [0.15, 0.2) is 0 Å². The molecule has 1 atom stereocenters. The number of thioether (sulfide) groups is 1. The van der Waals surface area contributed by atoms with E-state index in [1.165, 1.54) is 0 Å². The molecule has 106 valence electrons. The number of nitrogens with zero attached hydrogens (tertiary/aromatic N) is 1. The lowest BCUT2D eigenvalue weighted by atomic mass is 9.98. The molecule has 0 aliphatic carbocycles. The van der Waals surface area contributed by atoms with Crippen LogP contribution in [0.4, 0.5) is 13.2 Å². The van der Waals surface area contributed by atoms with Crippen LogP contribution in [0, 0.1) is 5.92 Å². The van der Waals surface area contributed by atoms with E-state index in [1.807, 2.05) is 4.90 Å². The average Bonchev–Trinajstić information content (AvgIpc) is 2.28. The van der Waals surface area contributed by atoms with Gasteiger partial charge in [-0.15, -0.1) is 0 Å². The van der Waals surface area contributed by atoms with E-state index in [0.717, 1.165) is 19.4 Å². The summed E-state index contributed by atoms with van der Waals surface area (Å²) < 4.78 is 40.9. The minimum absolute atomic E-state index is 0.0107. The molecular formula is C11H18F3NO2S. The van der Waals surface area contributed by atoms with Crippen molar-refractivity contribution in [1.82, 2.24) is 4.90 Å². The Bertz CT molecular complexity index is 274. The van der Waals surface area contributed by atoms with E-state index in [0.29, 0.717) is 19.7 Å². The van der Waals surface area contributed by atoms with Crippen molar-refractivity contribution >= 4 is 17.7 Å². The Morgan fingerprint density at radius 1 is 1.50 bits per heavy atom. The molecule has 0 unspecified atom stereocenters. The largest absolute Gasteiger partial charge is 0.466 e. The van der Waals surface area contributed by atoms with Crippen LogP contribution in [0.2, 0.25) is 0 Å². The Morgan fingerprint density at radius 3 is 2.83 bits per heavy atom. The Kier molecular flexibility index (Phi) is 6.28. The summed E-state index contributed by atoms with van der Waals surface area (Å²) in [6, 6.07) is 0. The zero-order chi connectivity index (χ0) is 13.6. The molecule has 18 heavy (non-hydrogen) atoms. The van der Waals surface area contributed by atoms with Crippen LogP contribution in [0.25, 0.3) is 0 Å². The summed E-state index contributed by atoms with van der Waals surface area (Å²) >= 11 is -0.0107. The first-order valence-electron chi connectivity index (χ1n) is 6.02. The van der Waals surface area contributed by atoms with Crippen molar-refractivity contribution < 1.29 is 22.7 Å². The molecule has 7 heteroatoms. The fraction of sp³-hybridized carbons (Fsp3) is 0.909. The van der Waals surface area contributed by atoms with Gasteiger partial charge in [-0.05, 0) is 38.1 Å². The van der Waals surface area contributed by atoms with Crippen LogP contribution in [0.1, 0.15) is 19.8 Å². The van der Waals surface area contributed by atoms with Gasteiger partial charge in [0.05, 0.1) is 12.5 Å². The standard InChI is InChI=1S/C11H18F3NO2S/c1-2-17-10(16)9-4-3-5-15(8-9)6-7-18-11(12,13)14/h9H,2-8H2,1H3/t9-/m0/s1. The van der Waals surface area contributed by atoms with Crippen LogP contribution in [0.5, 0.6) is 0 Å².